The molecule has 2 rings (SSSR count). The molecule has 0 unspecified atom stereocenters. The summed E-state index contributed by atoms with van der Waals surface area (Å²) in [4.78, 5) is 29.3. The van der Waals surface area contributed by atoms with Crippen LogP contribution in [0.15, 0.2) is 12.1 Å². The number of primary amides is 1. The Morgan fingerprint density at radius 3 is 2.70 bits per heavy atom. The molecule has 1 aliphatic rings. The Kier molecular flexibility index (Phi) is 6.76. The number of halogens is 1. The number of ether oxygens (including phenoxy) is 1. The molecule has 1 fully saturated rings. The number of rotatable bonds is 7. The number of hydrogen-bond acceptors (Lipinski definition) is 5. The summed E-state index contributed by atoms with van der Waals surface area (Å²) in [7, 11) is 0. The molecule has 1 saturated heterocycles. The van der Waals surface area contributed by atoms with Gasteiger partial charge in [-0.25, -0.2) is 4.98 Å². The van der Waals surface area contributed by atoms with Crippen molar-refractivity contribution < 1.29 is 14.3 Å². The predicted octanol–water partition coefficient (Wildman–Crippen LogP) is 0.676. The molecule has 2 heterocycles. The summed E-state index contributed by atoms with van der Waals surface area (Å²) >= 11 is 5.83. The van der Waals surface area contributed by atoms with Crippen molar-refractivity contribution in [1.82, 2.24) is 15.2 Å². The van der Waals surface area contributed by atoms with Gasteiger partial charge in [0.2, 0.25) is 0 Å². The summed E-state index contributed by atoms with van der Waals surface area (Å²) in [6.45, 7) is 5.12. The van der Waals surface area contributed by atoms with Crippen LogP contribution in [0.1, 0.15) is 33.7 Å². The zero-order valence-corrected chi connectivity index (χ0v) is 13.6. The Morgan fingerprint density at radius 1 is 1.30 bits per heavy atom. The Bertz CT molecular complexity index is 562. The fraction of sp³-hybridized carbons (Fsp3) is 0.533. The van der Waals surface area contributed by atoms with E-state index in [4.69, 9.17) is 22.1 Å². The van der Waals surface area contributed by atoms with Crippen molar-refractivity contribution in [2.75, 3.05) is 39.4 Å². The molecule has 23 heavy (non-hydrogen) atoms. The number of nitrogens with zero attached hydrogens (tertiary/aromatic N) is 2. The third kappa shape index (κ3) is 5.46. The second kappa shape index (κ2) is 8.81. The lowest BCUT2D eigenvalue weighted by Crippen LogP contribution is -2.37. The van der Waals surface area contributed by atoms with Crippen molar-refractivity contribution in [1.29, 1.82) is 0 Å². The first-order valence-corrected chi connectivity index (χ1v) is 8.00. The van der Waals surface area contributed by atoms with E-state index in [0.29, 0.717) is 6.54 Å². The zero-order chi connectivity index (χ0) is 16.7. The minimum atomic E-state index is -0.669. The molecule has 3 N–H and O–H groups in total. The predicted molar refractivity (Wildman–Crippen MR) is 86.6 cm³/mol. The van der Waals surface area contributed by atoms with Crippen LogP contribution in [-0.4, -0.2) is 61.1 Å². The van der Waals surface area contributed by atoms with E-state index in [9.17, 15) is 9.59 Å². The number of pyridine rings is 1. The molecule has 7 nitrogen and oxygen atoms in total. The average Bonchev–Trinajstić information content (AvgIpc) is 2.55. The molecule has 0 saturated carbocycles. The van der Waals surface area contributed by atoms with Gasteiger partial charge in [-0.1, -0.05) is 11.6 Å². The van der Waals surface area contributed by atoms with Gasteiger partial charge in [0.15, 0.2) is 0 Å². The van der Waals surface area contributed by atoms with Gasteiger partial charge in [-0.15, -0.1) is 0 Å². The second-order valence-electron chi connectivity index (χ2n) is 5.32. The number of hydrogen-bond donors (Lipinski definition) is 2. The van der Waals surface area contributed by atoms with Gasteiger partial charge >= 0.3 is 0 Å². The summed E-state index contributed by atoms with van der Waals surface area (Å²) in [5.74, 6) is -0.980. The maximum Gasteiger partial charge on any atom is 0.269 e. The van der Waals surface area contributed by atoms with Gasteiger partial charge in [-0.2, -0.15) is 0 Å². The van der Waals surface area contributed by atoms with E-state index in [0.717, 1.165) is 45.7 Å². The van der Waals surface area contributed by atoms with Gasteiger partial charge in [-0.3, -0.25) is 14.5 Å². The van der Waals surface area contributed by atoms with Crippen molar-refractivity contribution in [2.24, 2.45) is 5.73 Å². The highest BCUT2D eigenvalue weighted by Crippen LogP contribution is 2.13. The van der Waals surface area contributed by atoms with Gasteiger partial charge in [0.05, 0.1) is 18.8 Å². The minimum absolute atomic E-state index is 0.0579. The normalized spacial score (nSPS) is 15.3. The van der Waals surface area contributed by atoms with E-state index in [1.807, 2.05) is 0 Å². The van der Waals surface area contributed by atoms with Crippen LogP contribution in [0.25, 0.3) is 0 Å². The number of nitrogens with one attached hydrogen (secondary N) is 1. The van der Waals surface area contributed by atoms with Gasteiger partial charge < -0.3 is 15.8 Å². The molecule has 1 aliphatic heterocycles. The van der Waals surface area contributed by atoms with Gasteiger partial charge in [0.1, 0.15) is 10.8 Å². The molecule has 0 aromatic carbocycles. The molecule has 0 radical (unpaired) electrons. The van der Waals surface area contributed by atoms with E-state index in [1.165, 1.54) is 12.1 Å². The Balaban J connectivity index is 1.70. The Labute approximate surface area is 140 Å². The first-order valence-electron chi connectivity index (χ1n) is 7.62. The maximum absolute atomic E-state index is 12.0. The quantitative estimate of drug-likeness (QED) is 0.562. The first-order chi connectivity index (χ1) is 11.1. The molecule has 0 aliphatic carbocycles. The standard InChI is InChI=1S/C15H21ClN4O3/c16-13-11(14(17)21)3-4-12(19-13)15(22)18-5-1-2-6-20-7-9-23-10-8-20/h3-4H,1-2,5-10H2,(H2,17,21)(H,18,22). The molecular weight excluding hydrogens is 320 g/mol. The van der Waals surface area contributed by atoms with Crippen molar-refractivity contribution in [2.45, 2.75) is 12.8 Å². The van der Waals surface area contributed by atoms with Crippen LogP contribution in [0.4, 0.5) is 0 Å². The third-order valence-corrected chi connectivity index (χ3v) is 3.93. The van der Waals surface area contributed by atoms with Gasteiger partial charge in [0, 0.05) is 19.6 Å². The number of morpholine rings is 1. The fourth-order valence-electron chi connectivity index (χ4n) is 2.32. The molecule has 0 spiro atoms. The third-order valence-electron chi connectivity index (χ3n) is 3.64. The van der Waals surface area contributed by atoms with Crippen molar-refractivity contribution >= 4 is 23.4 Å². The molecular formula is C15H21ClN4O3. The molecule has 126 valence electrons. The van der Waals surface area contributed by atoms with Crippen LogP contribution in [-0.2, 0) is 4.74 Å². The van der Waals surface area contributed by atoms with E-state index >= 15 is 0 Å². The minimum Gasteiger partial charge on any atom is -0.379 e. The molecule has 0 bridgehead atoms. The second-order valence-corrected chi connectivity index (χ2v) is 5.67. The smallest absolute Gasteiger partial charge is 0.269 e. The number of aromatic nitrogens is 1. The molecule has 1 aromatic heterocycles. The topological polar surface area (TPSA) is 97.5 Å². The first kappa shape index (κ1) is 17.7. The Hall–Kier alpha value is -1.70. The highest BCUT2D eigenvalue weighted by atomic mass is 35.5. The fourth-order valence-corrected chi connectivity index (χ4v) is 2.57. The summed E-state index contributed by atoms with van der Waals surface area (Å²) in [5, 5.41) is 2.74. The Morgan fingerprint density at radius 2 is 2.04 bits per heavy atom. The van der Waals surface area contributed by atoms with E-state index < -0.39 is 5.91 Å². The van der Waals surface area contributed by atoms with Crippen molar-refractivity contribution in [3.63, 3.8) is 0 Å². The maximum atomic E-state index is 12.0. The summed E-state index contributed by atoms with van der Waals surface area (Å²) in [6.07, 6.45) is 1.89. The SMILES string of the molecule is NC(=O)c1ccc(C(=O)NCCCCN2CCOCC2)nc1Cl. The van der Waals surface area contributed by atoms with Gasteiger partial charge in [0.25, 0.3) is 11.8 Å². The largest absolute Gasteiger partial charge is 0.379 e. The lowest BCUT2D eigenvalue weighted by molar-refractivity contribution is 0.0372. The van der Waals surface area contributed by atoms with Crippen LogP contribution in [0, 0.1) is 0 Å². The van der Waals surface area contributed by atoms with Crippen LogP contribution in [0.3, 0.4) is 0 Å². The molecule has 1 aromatic rings. The van der Waals surface area contributed by atoms with Crippen molar-refractivity contribution in [3.05, 3.63) is 28.5 Å². The molecule has 2 amide bonds. The number of carbonyl (C=O) groups is 2. The van der Waals surface area contributed by atoms with E-state index in [1.54, 1.807) is 0 Å². The summed E-state index contributed by atoms with van der Waals surface area (Å²) < 4.78 is 5.30. The highest BCUT2D eigenvalue weighted by Gasteiger charge is 2.13. The van der Waals surface area contributed by atoms with E-state index in [-0.39, 0.29) is 22.3 Å². The van der Waals surface area contributed by atoms with Crippen LogP contribution in [0.5, 0.6) is 0 Å². The number of nitrogens with two attached hydrogens (primary N) is 1. The number of unbranched alkanes of at least 4 members (excludes halogenated alkanes) is 1. The molecule has 0 atom stereocenters. The average molecular weight is 341 g/mol. The van der Waals surface area contributed by atoms with Crippen LogP contribution >= 0.6 is 11.6 Å². The zero-order valence-electron chi connectivity index (χ0n) is 12.9. The lowest BCUT2D eigenvalue weighted by atomic mass is 10.2. The van der Waals surface area contributed by atoms with Crippen molar-refractivity contribution in [3.8, 4) is 0 Å². The number of amides is 2. The van der Waals surface area contributed by atoms with E-state index in [2.05, 4.69) is 15.2 Å². The van der Waals surface area contributed by atoms with Crippen LogP contribution in [0.2, 0.25) is 5.15 Å². The summed E-state index contributed by atoms with van der Waals surface area (Å²) in [6, 6.07) is 2.85. The van der Waals surface area contributed by atoms with Gasteiger partial charge in [-0.05, 0) is 31.5 Å². The number of carbonyl (C=O) groups excluding carboxylic acids is 2. The molecule has 8 heteroatoms. The summed E-state index contributed by atoms with van der Waals surface area (Å²) in [5.41, 5.74) is 5.42. The lowest BCUT2D eigenvalue weighted by Gasteiger charge is -2.26. The van der Waals surface area contributed by atoms with Crippen LogP contribution < -0.4 is 11.1 Å². The highest BCUT2D eigenvalue weighted by molar-refractivity contribution is 6.32. The monoisotopic (exact) mass is 340 g/mol.